The van der Waals surface area contributed by atoms with Crippen LogP contribution < -0.4 is 10.9 Å². The molecular weight excluding hydrogens is 316 g/mol. The molecule has 0 aliphatic heterocycles. The first kappa shape index (κ1) is 15.9. The lowest BCUT2D eigenvalue weighted by atomic mass is 9.86. The Labute approximate surface area is 145 Å². The Kier molecular flexibility index (Phi) is 4.03. The predicted octanol–water partition coefficient (Wildman–Crippen LogP) is 2.34. The smallest absolute Gasteiger partial charge is 0.276 e. The minimum absolute atomic E-state index is 0.00273. The van der Waals surface area contributed by atoms with Gasteiger partial charge in [0.25, 0.3) is 5.56 Å². The summed E-state index contributed by atoms with van der Waals surface area (Å²) in [6.45, 7) is 2.18. The van der Waals surface area contributed by atoms with E-state index in [1.165, 1.54) is 11.0 Å². The molecule has 3 heterocycles. The Hall–Kier alpha value is -2.63. The molecule has 0 aromatic carbocycles. The molecule has 0 radical (unpaired) electrons. The van der Waals surface area contributed by atoms with E-state index in [1.807, 2.05) is 28.8 Å². The summed E-state index contributed by atoms with van der Waals surface area (Å²) in [5.41, 5.74) is 1.71. The molecule has 1 aliphatic carbocycles. The molecule has 4 rings (SSSR count). The van der Waals surface area contributed by atoms with Gasteiger partial charge in [-0.1, -0.05) is 19.8 Å². The van der Waals surface area contributed by atoms with Crippen LogP contribution in [-0.4, -0.2) is 25.9 Å². The molecule has 0 saturated heterocycles. The summed E-state index contributed by atoms with van der Waals surface area (Å²) >= 11 is 0. The zero-order chi connectivity index (χ0) is 17.4. The van der Waals surface area contributed by atoms with E-state index in [0.717, 1.165) is 24.8 Å². The van der Waals surface area contributed by atoms with Gasteiger partial charge in [-0.25, -0.2) is 4.98 Å². The van der Waals surface area contributed by atoms with E-state index < -0.39 is 0 Å². The minimum Gasteiger partial charge on any atom is -0.352 e. The summed E-state index contributed by atoms with van der Waals surface area (Å²) in [5, 5.41) is 3.12. The zero-order valence-electron chi connectivity index (χ0n) is 14.3. The van der Waals surface area contributed by atoms with E-state index in [4.69, 9.17) is 0 Å². The van der Waals surface area contributed by atoms with Crippen LogP contribution in [0.5, 0.6) is 0 Å². The van der Waals surface area contributed by atoms with Gasteiger partial charge in [-0.3, -0.25) is 14.2 Å². The third-order valence-corrected chi connectivity index (χ3v) is 5.25. The van der Waals surface area contributed by atoms with Crippen molar-refractivity contribution in [3.05, 3.63) is 47.0 Å². The van der Waals surface area contributed by atoms with Crippen molar-refractivity contribution in [3.63, 3.8) is 0 Å². The number of hydrogen-bond acceptors (Lipinski definition) is 3. The van der Waals surface area contributed by atoms with E-state index in [2.05, 4.69) is 17.2 Å². The summed E-state index contributed by atoms with van der Waals surface area (Å²) in [4.78, 5) is 29.8. The molecule has 130 valence electrons. The van der Waals surface area contributed by atoms with E-state index in [9.17, 15) is 9.59 Å². The summed E-state index contributed by atoms with van der Waals surface area (Å²) in [6, 6.07) is 7.55. The third kappa shape index (κ3) is 2.81. The van der Waals surface area contributed by atoms with Gasteiger partial charge in [0, 0.05) is 18.4 Å². The van der Waals surface area contributed by atoms with Gasteiger partial charge in [0.15, 0.2) is 5.65 Å². The van der Waals surface area contributed by atoms with Gasteiger partial charge < -0.3 is 9.72 Å². The highest BCUT2D eigenvalue weighted by atomic mass is 16.2. The lowest BCUT2D eigenvalue weighted by Crippen LogP contribution is -2.43. The van der Waals surface area contributed by atoms with Crippen LogP contribution in [0.1, 0.15) is 32.6 Å². The molecule has 25 heavy (non-hydrogen) atoms. The van der Waals surface area contributed by atoms with Crippen LogP contribution in [0.25, 0.3) is 16.7 Å². The lowest BCUT2D eigenvalue weighted by Gasteiger charge is -2.29. The molecule has 6 nitrogen and oxygen atoms in total. The Morgan fingerprint density at radius 2 is 2.04 bits per heavy atom. The standard InChI is InChI=1S/C19H22N4O2/c1-13-6-2-3-7-14(13)21-17(24)12-23-18-15(8-4-10-20-18)22-11-5-9-16(22)19(23)25/h4-5,8-11,13-14H,2-3,6-7,12H2,1H3,(H,21,24)/t13-,14+/m0/s1. The van der Waals surface area contributed by atoms with E-state index in [1.54, 1.807) is 12.3 Å². The number of nitrogens with one attached hydrogen (secondary N) is 1. The monoisotopic (exact) mass is 338 g/mol. The van der Waals surface area contributed by atoms with Crippen LogP contribution in [0.4, 0.5) is 0 Å². The fourth-order valence-electron chi connectivity index (χ4n) is 3.86. The van der Waals surface area contributed by atoms with Crippen LogP contribution in [-0.2, 0) is 11.3 Å². The second-order valence-corrected chi connectivity index (χ2v) is 6.94. The van der Waals surface area contributed by atoms with Crippen LogP contribution >= 0.6 is 0 Å². The van der Waals surface area contributed by atoms with Gasteiger partial charge in [-0.2, -0.15) is 0 Å². The number of hydrogen-bond donors (Lipinski definition) is 1. The van der Waals surface area contributed by atoms with E-state index >= 15 is 0 Å². The van der Waals surface area contributed by atoms with Crippen LogP contribution in [0.2, 0.25) is 0 Å². The van der Waals surface area contributed by atoms with Crippen molar-refractivity contribution in [2.45, 2.75) is 45.2 Å². The van der Waals surface area contributed by atoms with Crippen molar-refractivity contribution in [1.29, 1.82) is 0 Å². The Bertz CT molecular complexity index is 988. The molecule has 0 unspecified atom stereocenters. The van der Waals surface area contributed by atoms with Gasteiger partial charge in [0.2, 0.25) is 5.91 Å². The molecule has 2 atom stereocenters. The number of amides is 1. The summed E-state index contributed by atoms with van der Waals surface area (Å²) in [5.74, 6) is 0.362. The predicted molar refractivity (Wildman–Crippen MR) is 96.5 cm³/mol. The van der Waals surface area contributed by atoms with Gasteiger partial charge in [0.1, 0.15) is 12.1 Å². The van der Waals surface area contributed by atoms with Crippen LogP contribution in [0.3, 0.4) is 0 Å². The molecule has 3 aromatic heterocycles. The van der Waals surface area contributed by atoms with Crippen molar-refractivity contribution in [2.24, 2.45) is 5.92 Å². The van der Waals surface area contributed by atoms with Gasteiger partial charge in [-0.15, -0.1) is 0 Å². The molecule has 6 heteroatoms. The van der Waals surface area contributed by atoms with Crippen molar-refractivity contribution >= 4 is 22.6 Å². The lowest BCUT2D eigenvalue weighted by molar-refractivity contribution is -0.122. The summed E-state index contributed by atoms with van der Waals surface area (Å²) in [6.07, 6.45) is 8.02. The van der Waals surface area contributed by atoms with Crippen molar-refractivity contribution < 1.29 is 4.79 Å². The summed E-state index contributed by atoms with van der Waals surface area (Å²) < 4.78 is 3.30. The number of carbonyl (C=O) groups is 1. The Morgan fingerprint density at radius 1 is 1.24 bits per heavy atom. The largest absolute Gasteiger partial charge is 0.352 e. The maximum Gasteiger partial charge on any atom is 0.276 e. The molecule has 1 aliphatic rings. The molecule has 3 aromatic rings. The number of pyridine rings is 1. The first-order valence-corrected chi connectivity index (χ1v) is 8.89. The van der Waals surface area contributed by atoms with Crippen molar-refractivity contribution in [3.8, 4) is 0 Å². The van der Waals surface area contributed by atoms with Gasteiger partial charge >= 0.3 is 0 Å². The molecule has 0 bridgehead atoms. The average molecular weight is 338 g/mol. The topological polar surface area (TPSA) is 68.4 Å². The molecule has 1 fully saturated rings. The molecule has 1 saturated carbocycles. The van der Waals surface area contributed by atoms with Crippen LogP contribution in [0, 0.1) is 5.92 Å². The highest BCUT2D eigenvalue weighted by Crippen LogP contribution is 2.23. The highest BCUT2D eigenvalue weighted by molar-refractivity contribution is 5.80. The average Bonchev–Trinajstić information content (AvgIpc) is 3.11. The molecule has 1 amide bonds. The van der Waals surface area contributed by atoms with Crippen LogP contribution in [0.15, 0.2) is 41.5 Å². The van der Waals surface area contributed by atoms with E-state index in [-0.39, 0.29) is 24.1 Å². The molecular formula is C19H22N4O2. The van der Waals surface area contributed by atoms with Crippen molar-refractivity contribution in [2.75, 3.05) is 0 Å². The number of rotatable bonds is 3. The number of carbonyl (C=O) groups excluding carboxylic acids is 1. The van der Waals surface area contributed by atoms with E-state index in [0.29, 0.717) is 17.1 Å². The third-order valence-electron chi connectivity index (χ3n) is 5.25. The number of fused-ring (bicyclic) bond motifs is 3. The number of nitrogens with zero attached hydrogens (tertiary/aromatic N) is 3. The summed E-state index contributed by atoms with van der Waals surface area (Å²) in [7, 11) is 0. The second-order valence-electron chi connectivity index (χ2n) is 6.94. The Balaban J connectivity index is 1.69. The quantitative estimate of drug-likeness (QED) is 0.797. The van der Waals surface area contributed by atoms with Gasteiger partial charge in [-0.05, 0) is 43.0 Å². The Morgan fingerprint density at radius 3 is 2.88 bits per heavy atom. The fraction of sp³-hybridized carbons (Fsp3) is 0.421. The fourth-order valence-corrected chi connectivity index (χ4v) is 3.86. The molecule has 1 N–H and O–H groups in total. The zero-order valence-corrected chi connectivity index (χ0v) is 14.3. The first-order valence-electron chi connectivity index (χ1n) is 8.89. The molecule has 0 spiro atoms. The first-order chi connectivity index (χ1) is 12.1. The highest BCUT2D eigenvalue weighted by Gasteiger charge is 2.23. The van der Waals surface area contributed by atoms with Gasteiger partial charge in [0.05, 0.1) is 5.52 Å². The minimum atomic E-state index is -0.192. The number of aromatic nitrogens is 3. The maximum absolute atomic E-state index is 12.8. The van der Waals surface area contributed by atoms with Crippen molar-refractivity contribution in [1.82, 2.24) is 19.3 Å². The normalized spacial score (nSPS) is 20.8. The SMILES string of the molecule is C[C@H]1CCCC[C@H]1NC(=O)Cn1c(=O)c2cccn2c2cccnc21. The second kappa shape index (κ2) is 6.35. The maximum atomic E-state index is 12.8.